The average molecular weight is 325 g/mol. The Morgan fingerprint density at radius 1 is 1.36 bits per heavy atom. The van der Waals surface area contributed by atoms with E-state index in [-0.39, 0.29) is 30.5 Å². The molecule has 7 heteroatoms. The summed E-state index contributed by atoms with van der Waals surface area (Å²) in [6.45, 7) is 1.12. The molecule has 1 N–H and O–H groups in total. The molecule has 0 bridgehead atoms. The number of aliphatic hydroxyl groups is 1. The van der Waals surface area contributed by atoms with Crippen molar-refractivity contribution in [1.82, 2.24) is 4.90 Å². The van der Waals surface area contributed by atoms with Crippen LogP contribution in [0.25, 0.3) is 0 Å². The van der Waals surface area contributed by atoms with Gasteiger partial charge in [0.15, 0.2) is 0 Å². The number of benzene rings is 1. The SMILES string of the molecule is COC(=O)c1ccc(C2SCC(=O)N2CCOCCO)cc1. The van der Waals surface area contributed by atoms with Crippen molar-refractivity contribution in [3.05, 3.63) is 35.4 Å². The van der Waals surface area contributed by atoms with Crippen LogP contribution in [0.4, 0.5) is 0 Å². The number of hydrogen-bond donors (Lipinski definition) is 1. The fourth-order valence-corrected chi connectivity index (χ4v) is 3.42. The highest BCUT2D eigenvalue weighted by molar-refractivity contribution is 8.00. The van der Waals surface area contributed by atoms with E-state index in [4.69, 9.17) is 9.84 Å². The van der Waals surface area contributed by atoms with Gasteiger partial charge in [-0.05, 0) is 17.7 Å². The first-order valence-corrected chi connectivity index (χ1v) is 8.00. The molecular formula is C15H19NO5S. The Kier molecular flexibility index (Phi) is 6.23. The maximum absolute atomic E-state index is 12.0. The molecule has 1 amide bonds. The molecule has 1 aliphatic rings. The minimum atomic E-state index is -0.379. The number of esters is 1. The third-order valence-corrected chi connectivity index (χ3v) is 4.55. The maximum Gasteiger partial charge on any atom is 0.337 e. The lowest BCUT2D eigenvalue weighted by atomic mass is 10.1. The Labute approximate surface area is 133 Å². The zero-order chi connectivity index (χ0) is 15.9. The molecule has 1 heterocycles. The van der Waals surface area contributed by atoms with Crippen LogP contribution in [0.5, 0.6) is 0 Å². The van der Waals surface area contributed by atoms with Crippen molar-refractivity contribution in [1.29, 1.82) is 0 Å². The van der Waals surface area contributed by atoms with Gasteiger partial charge in [-0.1, -0.05) is 12.1 Å². The zero-order valence-corrected chi connectivity index (χ0v) is 13.2. The van der Waals surface area contributed by atoms with Crippen LogP contribution in [0.15, 0.2) is 24.3 Å². The van der Waals surface area contributed by atoms with Crippen molar-refractivity contribution in [3.63, 3.8) is 0 Å². The highest BCUT2D eigenvalue weighted by Crippen LogP contribution is 2.38. The Morgan fingerprint density at radius 3 is 2.73 bits per heavy atom. The third-order valence-electron chi connectivity index (χ3n) is 3.30. The van der Waals surface area contributed by atoms with E-state index in [1.807, 2.05) is 12.1 Å². The Hall–Kier alpha value is -1.57. The van der Waals surface area contributed by atoms with Gasteiger partial charge in [0.1, 0.15) is 5.37 Å². The molecule has 2 rings (SSSR count). The normalized spacial score (nSPS) is 17.8. The summed E-state index contributed by atoms with van der Waals surface area (Å²) < 4.78 is 9.90. The van der Waals surface area contributed by atoms with Crippen molar-refractivity contribution in [3.8, 4) is 0 Å². The summed E-state index contributed by atoms with van der Waals surface area (Å²) in [6, 6.07) is 7.07. The van der Waals surface area contributed by atoms with Gasteiger partial charge in [-0.15, -0.1) is 11.8 Å². The summed E-state index contributed by atoms with van der Waals surface area (Å²) >= 11 is 1.55. The minimum absolute atomic E-state index is 0.0267. The fourth-order valence-electron chi connectivity index (χ4n) is 2.20. The molecule has 0 aliphatic carbocycles. The molecular weight excluding hydrogens is 306 g/mol. The second kappa shape index (κ2) is 8.17. The molecule has 0 saturated carbocycles. The largest absolute Gasteiger partial charge is 0.465 e. The number of hydrogen-bond acceptors (Lipinski definition) is 6. The van der Waals surface area contributed by atoms with Gasteiger partial charge in [0.25, 0.3) is 0 Å². The molecule has 1 atom stereocenters. The van der Waals surface area contributed by atoms with Crippen LogP contribution in [-0.4, -0.2) is 61.1 Å². The molecule has 1 unspecified atom stereocenters. The first-order valence-electron chi connectivity index (χ1n) is 6.95. The number of methoxy groups -OCH3 is 1. The van der Waals surface area contributed by atoms with Crippen LogP contribution >= 0.6 is 11.8 Å². The van der Waals surface area contributed by atoms with Gasteiger partial charge in [-0.25, -0.2) is 4.79 Å². The Bertz CT molecular complexity index is 519. The second-order valence-corrected chi connectivity index (χ2v) is 5.77. The van der Waals surface area contributed by atoms with Crippen LogP contribution in [0.1, 0.15) is 21.3 Å². The van der Waals surface area contributed by atoms with E-state index in [1.54, 1.807) is 28.8 Å². The number of rotatable bonds is 7. The smallest absolute Gasteiger partial charge is 0.337 e. The van der Waals surface area contributed by atoms with Crippen LogP contribution in [0.3, 0.4) is 0 Å². The molecule has 1 fully saturated rings. The van der Waals surface area contributed by atoms with E-state index in [1.165, 1.54) is 7.11 Å². The molecule has 0 spiro atoms. The molecule has 22 heavy (non-hydrogen) atoms. The number of carbonyl (C=O) groups excluding carboxylic acids is 2. The Morgan fingerprint density at radius 2 is 2.09 bits per heavy atom. The van der Waals surface area contributed by atoms with E-state index < -0.39 is 0 Å². The first-order chi connectivity index (χ1) is 10.7. The van der Waals surface area contributed by atoms with Crippen molar-refractivity contribution < 1.29 is 24.2 Å². The van der Waals surface area contributed by atoms with Crippen molar-refractivity contribution in [2.75, 3.05) is 39.2 Å². The predicted molar refractivity (Wildman–Crippen MR) is 82.6 cm³/mol. The molecule has 0 radical (unpaired) electrons. The van der Waals surface area contributed by atoms with E-state index in [2.05, 4.69) is 4.74 Å². The van der Waals surface area contributed by atoms with Crippen molar-refractivity contribution in [2.45, 2.75) is 5.37 Å². The van der Waals surface area contributed by atoms with Crippen molar-refractivity contribution >= 4 is 23.6 Å². The van der Waals surface area contributed by atoms with Crippen LogP contribution < -0.4 is 0 Å². The number of carbonyl (C=O) groups is 2. The molecule has 0 aromatic heterocycles. The van der Waals surface area contributed by atoms with Crippen molar-refractivity contribution in [2.24, 2.45) is 0 Å². The van der Waals surface area contributed by atoms with Gasteiger partial charge in [-0.3, -0.25) is 4.79 Å². The molecule has 6 nitrogen and oxygen atoms in total. The lowest BCUT2D eigenvalue weighted by Crippen LogP contribution is -2.31. The van der Waals surface area contributed by atoms with E-state index in [0.29, 0.717) is 24.5 Å². The molecule has 1 saturated heterocycles. The lowest BCUT2D eigenvalue weighted by Gasteiger charge is -2.24. The highest BCUT2D eigenvalue weighted by atomic mass is 32.2. The topological polar surface area (TPSA) is 76.1 Å². The van der Waals surface area contributed by atoms with Gasteiger partial charge < -0.3 is 19.5 Å². The molecule has 1 aliphatic heterocycles. The first kappa shape index (κ1) is 16.8. The standard InChI is InChI=1S/C15H19NO5S/c1-20-15(19)12-4-2-11(3-5-12)14-16(13(18)10-22-14)6-8-21-9-7-17/h2-5,14,17H,6-10H2,1H3. The fraction of sp³-hybridized carbons (Fsp3) is 0.467. The third kappa shape index (κ3) is 4.00. The number of thioether (sulfide) groups is 1. The monoisotopic (exact) mass is 325 g/mol. The number of aliphatic hydroxyl groups excluding tert-OH is 1. The average Bonchev–Trinajstić information content (AvgIpc) is 2.92. The number of amides is 1. The maximum atomic E-state index is 12.0. The van der Waals surface area contributed by atoms with Gasteiger partial charge in [0.05, 0.1) is 38.2 Å². The summed E-state index contributed by atoms with van der Waals surface area (Å²) in [5.41, 5.74) is 1.45. The van der Waals surface area contributed by atoms with E-state index >= 15 is 0 Å². The Balaban J connectivity index is 2.02. The second-order valence-electron chi connectivity index (χ2n) is 4.70. The van der Waals surface area contributed by atoms with E-state index in [9.17, 15) is 9.59 Å². The van der Waals surface area contributed by atoms with Gasteiger partial charge >= 0.3 is 5.97 Å². The van der Waals surface area contributed by atoms with Gasteiger partial charge in [-0.2, -0.15) is 0 Å². The van der Waals surface area contributed by atoms with Crippen LogP contribution in [0, 0.1) is 0 Å². The predicted octanol–water partition coefficient (Wildman–Crippen LogP) is 1.06. The number of nitrogens with zero attached hydrogens (tertiary/aromatic N) is 1. The van der Waals surface area contributed by atoms with Crippen LogP contribution in [-0.2, 0) is 14.3 Å². The summed E-state index contributed by atoms with van der Waals surface area (Å²) in [5.74, 6) is 0.124. The van der Waals surface area contributed by atoms with Gasteiger partial charge in [0, 0.05) is 6.54 Å². The quantitative estimate of drug-likeness (QED) is 0.597. The highest BCUT2D eigenvalue weighted by Gasteiger charge is 2.32. The summed E-state index contributed by atoms with van der Waals surface area (Å²) in [6.07, 6.45) is 0. The molecule has 1 aromatic carbocycles. The lowest BCUT2D eigenvalue weighted by molar-refractivity contribution is -0.128. The summed E-state index contributed by atoms with van der Waals surface area (Å²) in [4.78, 5) is 25.2. The molecule has 1 aromatic rings. The van der Waals surface area contributed by atoms with Gasteiger partial charge in [0.2, 0.25) is 5.91 Å². The minimum Gasteiger partial charge on any atom is -0.465 e. The van der Waals surface area contributed by atoms with E-state index in [0.717, 1.165) is 5.56 Å². The summed E-state index contributed by atoms with van der Waals surface area (Å²) in [7, 11) is 1.34. The molecule has 120 valence electrons. The van der Waals surface area contributed by atoms with Crippen LogP contribution in [0.2, 0.25) is 0 Å². The zero-order valence-electron chi connectivity index (χ0n) is 12.4. The summed E-state index contributed by atoms with van der Waals surface area (Å²) in [5, 5.41) is 8.61. The number of ether oxygens (including phenoxy) is 2.